The Labute approximate surface area is 146 Å². The number of nitrogens with one attached hydrogen (secondary N) is 1. The molecule has 2 N–H and O–H groups in total. The number of carboxylic acids is 1. The van der Waals surface area contributed by atoms with E-state index >= 15 is 0 Å². The fourth-order valence-electron chi connectivity index (χ4n) is 3.15. The number of carbonyl (C=O) groups excluding carboxylic acids is 1. The Morgan fingerprint density at radius 2 is 2.17 bits per heavy atom. The van der Waals surface area contributed by atoms with E-state index in [1.165, 1.54) is 24.2 Å². The molecule has 0 aromatic carbocycles. The molecule has 0 radical (unpaired) electrons. The van der Waals surface area contributed by atoms with Gasteiger partial charge >= 0.3 is 5.97 Å². The summed E-state index contributed by atoms with van der Waals surface area (Å²) in [4.78, 5) is 30.3. The van der Waals surface area contributed by atoms with Crippen molar-refractivity contribution in [2.45, 2.75) is 57.5 Å². The van der Waals surface area contributed by atoms with Gasteiger partial charge in [-0.25, -0.2) is 4.98 Å². The van der Waals surface area contributed by atoms with E-state index in [4.69, 9.17) is 5.11 Å². The molecule has 2 aliphatic rings. The van der Waals surface area contributed by atoms with Crippen LogP contribution in [-0.4, -0.2) is 52.0 Å². The number of aryl methyl sites for hydroxylation is 1. The molecule has 0 saturated heterocycles. The lowest BCUT2D eigenvalue weighted by Gasteiger charge is -2.42. The van der Waals surface area contributed by atoms with Gasteiger partial charge in [0, 0.05) is 18.6 Å². The molecular formula is C17H25N3O3S. The predicted octanol–water partition coefficient (Wildman–Crippen LogP) is 2.15. The summed E-state index contributed by atoms with van der Waals surface area (Å²) >= 11 is 1.46. The molecule has 1 aromatic heterocycles. The summed E-state index contributed by atoms with van der Waals surface area (Å²) < 4.78 is 0. The molecule has 0 unspecified atom stereocenters. The van der Waals surface area contributed by atoms with Crippen LogP contribution < -0.4 is 5.32 Å². The minimum atomic E-state index is -0.767. The van der Waals surface area contributed by atoms with Gasteiger partial charge in [-0.15, -0.1) is 11.3 Å². The first-order valence-corrected chi connectivity index (χ1v) is 9.58. The van der Waals surface area contributed by atoms with Crippen LogP contribution in [0.2, 0.25) is 0 Å². The van der Waals surface area contributed by atoms with E-state index in [1.807, 2.05) is 0 Å². The number of aromatic nitrogens is 1. The second-order valence-corrected chi connectivity index (χ2v) is 8.05. The van der Waals surface area contributed by atoms with Crippen LogP contribution in [0.1, 0.15) is 53.7 Å². The van der Waals surface area contributed by atoms with Gasteiger partial charge in [-0.05, 0) is 44.4 Å². The predicted molar refractivity (Wildman–Crippen MR) is 92.3 cm³/mol. The van der Waals surface area contributed by atoms with E-state index in [1.54, 1.807) is 6.20 Å². The molecule has 3 rings (SSSR count). The quantitative estimate of drug-likeness (QED) is 0.712. The third-order valence-corrected chi connectivity index (χ3v) is 5.79. The summed E-state index contributed by atoms with van der Waals surface area (Å²) in [7, 11) is 0. The number of carboxylic acid groups (broad SMARTS) is 1. The fraction of sp³-hybridized carbons (Fsp3) is 0.706. The molecule has 132 valence electrons. The minimum absolute atomic E-state index is 0.0507. The van der Waals surface area contributed by atoms with Crippen LogP contribution >= 0.6 is 11.3 Å². The van der Waals surface area contributed by atoms with Crippen molar-refractivity contribution in [1.29, 1.82) is 0 Å². The van der Waals surface area contributed by atoms with E-state index in [2.05, 4.69) is 22.1 Å². The Morgan fingerprint density at radius 1 is 1.42 bits per heavy atom. The first-order valence-electron chi connectivity index (χ1n) is 8.76. The number of thiazole rings is 1. The number of hydrogen-bond donors (Lipinski definition) is 2. The van der Waals surface area contributed by atoms with Gasteiger partial charge in [0.2, 0.25) is 0 Å². The zero-order valence-electron chi connectivity index (χ0n) is 14.0. The zero-order valence-corrected chi connectivity index (χ0v) is 14.8. The zero-order chi connectivity index (χ0) is 17.1. The summed E-state index contributed by atoms with van der Waals surface area (Å²) in [5, 5.41) is 13.1. The lowest BCUT2D eigenvalue weighted by atomic mass is 9.85. The highest BCUT2D eigenvalue weighted by molar-refractivity contribution is 7.13. The van der Waals surface area contributed by atoms with Crippen molar-refractivity contribution in [3.63, 3.8) is 0 Å². The molecule has 24 heavy (non-hydrogen) atoms. The molecular weight excluding hydrogens is 326 g/mol. The smallest absolute Gasteiger partial charge is 0.317 e. The van der Waals surface area contributed by atoms with E-state index in [0.717, 1.165) is 37.2 Å². The highest BCUT2D eigenvalue weighted by atomic mass is 32.1. The summed E-state index contributed by atoms with van der Waals surface area (Å²) in [6.45, 7) is 3.09. The van der Waals surface area contributed by atoms with E-state index in [9.17, 15) is 9.59 Å². The first kappa shape index (κ1) is 17.4. The molecule has 1 amide bonds. The molecule has 2 saturated carbocycles. The van der Waals surface area contributed by atoms with Crippen LogP contribution in [0.25, 0.3) is 0 Å². The Kier molecular flexibility index (Phi) is 5.50. The third-order valence-electron chi connectivity index (χ3n) is 4.73. The summed E-state index contributed by atoms with van der Waals surface area (Å²) in [6.07, 6.45) is 7.71. The number of carbonyl (C=O) groups is 2. The van der Waals surface area contributed by atoms with Gasteiger partial charge in [0.05, 0.1) is 17.7 Å². The second kappa shape index (κ2) is 7.61. The van der Waals surface area contributed by atoms with Crippen molar-refractivity contribution in [1.82, 2.24) is 15.2 Å². The van der Waals surface area contributed by atoms with Crippen molar-refractivity contribution in [3.05, 3.63) is 16.1 Å². The molecule has 2 fully saturated rings. The van der Waals surface area contributed by atoms with Crippen LogP contribution in [0.15, 0.2) is 6.20 Å². The lowest BCUT2D eigenvalue weighted by molar-refractivity contribution is -0.139. The van der Waals surface area contributed by atoms with E-state index < -0.39 is 5.97 Å². The maximum atomic E-state index is 12.3. The fourth-order valence-corrected chi connectivity index (χ4v) is 4.08. The van der Waals surface area contributed by atoms with Crippen molar-refractivity contribution < 1.29 is 14.7 Å². The van der Waals surface area contributed by atoms with Gasteiger partial charge in [0.25, 0.3) is 5.91 Å². The maximum Gasteiger partial charge on any atom is 0.317 e. The third kappa shape index (κ3) is 4.54. The molecule has 1 aromatic rings. The van der Waals surface area contributed by atoms with Crippen LogP contribution in [0.4, 0.5) is 0 Å². The van der Waals surface area contributed by atoms with Gasteiger partial charge in [0.15, 0.2) is 0 Å². The first-order chi connectivity index (χ1) is 11.5. The van der Waals surface area contributed by atoms with Crippen molar-refractivity contribution in [2.75, 3.05) is 13.1 Å². The van der Waals surface area contributed by atoms with E-state index in [-0.39, 0.29) is 24.5 Å². The monoisotopic (exact) mass is 351 g/mol. The normalized spacial score (nSPS) is 23.1. The Morgan fingerprint density at radius 3 is 2.79 bits per heavy atom. The Balaban J connectivity index is 1.46. The summed E-state index contributed by atoms with van der Waals surface area (Å²) in [5.41, 5.74) is 0. The van der Waals surface area contributed by atoms with Crippen LogP contribution in [0.5, 0.6) is 0 Å². The topological polar surface area (TPSA) is 82.5 Å². The number of nitrogens with zero attached hydrogens (tertiary/aromatic N) is 2. The number of rotatable bonds is 9. The summed E-state index contributed by atoms with van der Waals surface area (Å²) in [6, 6.07) is 0.429. The number of amides is 1. The van der Waals surface area contributed by atoms with Crippen molar-refractivity contribution in [2.24, 2.45) is 5.92 Å². The molecule has 0 atom stereocenters. The highest BCUT2D eigenvalue weighted by Gasteiger charge is 2.37. The second-order valence-electron chi connectivity index (χ2n) is 6.93. The van der Waals surface area contributed by atoms with Gasteiger partial charge in [0.1, 0.15) is 4.88 Å². The van der Waals surface area contributed by atoms with Crippen LogP contribution in [0.3, 0.4) is 0 Å². The highest BCUT2D eigenvalue weighted by Crippen LogP contribution is 2.33. The summed E-state index contributed by atoms with van der Waals surface area (Å²) in [5.74, 6) is -0.145. The van der Waals surface area contributed by atoms with Gasteiger partial charge in [-0.2, -0.15) is 0 Å². The molecule has 0 bridgehead atoms. The molecule has 1 heterocycles. The lowest BCUT2D eigenvalue weighted by Crippen LogP contribution is -2.55. The average molecular weight is 351 g/mol. The van der Waals surface area contributed by atoms with Gasteiger partial charge < -0.3 is 10.4 Å². The Hall–Kier alpha value is -1.47. The minimum Gasteiger partial charge on any atom is -0.480 e. The van der Waals surface area contributed by atoms with Crippen molar-refractivity contribution >= 4 is 23.2 Å². The van der Waals surface area contributed by atoms with E-state index in [0.29, 0.717) is 10.8 Å². The largest absolute Gasteiger partial charge is 0.480 e. The van der Waals surface area contributed by atoms with Gasteiger partial charge in [-0.3, -0.25) is 14.5 Å². The maximum absolute atomic E-state index is 12.3. The SMILES string of the molecule is CCCc1ncc(C(=O)NC2CC(N(CC(=O)O)CC3CC3)C2)s1. The van der Waals surface area contributed by atoms with Gasteiger partial charge in [-0.1, -0.05) is 6.92 Å². The Bertz CT molecular complexity index is 594. The molecule has 6 nitrogen and oxygen atoms in total. The molecule has 7 heteroatoms. The average Bonchev–Trinajstić information content (AvgIpc) is 3.17. The van der Waals surface area contributed by atoms with Crippen molar-refractivity contribution in [3.8, 4) is 0 Å². The van der Waals surface area contributed by atoms with Crippen LogP contribution in [0, 0.1) is 5.92 Å². The molecule has 0 aliphatic heterocycles. The standard InChI is InChI=1S/C17H25N3O3S/c1-2-3-15-18-8-14(24-15)17(23)19-12-6-13(7-12)20(10-16(21)22)9-11-4-5-11/h8,11-13H,2-7,9-10H2,1H3,(H,19,23)(H,21,22). The number of aliphatic carboxylic acids is 1. The number of hydrogen-bond acceptors (Lipinski definition) is 5. The van der Waals surface area contributed by atoms with Crippen LogP contribution in [-0.2, 0) is 11.2 Å². The molecule has 0 spiro atoms. The molecule has 2 aliphatic carbocycles.